The lowest BCUT2D eigenvalue weighted by Crippen LogP contribution is -2.36. The summed E-state index contributed by atoms with van der Waals surface area (Å²) in [5.41, 5.74) is 3.68. The maximum Gasteiger partial charge on any atom is 0.416 e. The summed E-state index contributed by atoms with van der Waals surface area (Å²) < 4.78 is 43.4. The van der Waals surface area contributed by atoms with E-state index in [4.69, 9.17) is 4.74 Å². The molecule has 0 radical (unpaired) electrons. The molecule has 1 saturated heterocycles. The van der Waals surface area contributed by atoms with Crippen LogP contribution >= 0.6 is 0 Å². The Kier molecular flexibility index (Phi) is 6.71. The smallest absolute Gasteiger partial charge is 0.378 e. The zero-order valence-corrected chi connectivity index (χ0v) is 15.6. The molecule has 1 amide bonds. The van der Waals surface area contributed by atoms with E-state index in [1.165, 1.54) is 18.3 Å². The van der Waals surface area contributed by atoms with Gasteiger partial charge in [-0.3, -0.25) is 4.79 Å². The van der Waals surface area contributed by atoms with Crippen LogP contribution in [0.5, 0.6) is 0 Å². The normalized spacial score (nSPS) is 14.8. The van der Waals surface area contributed by atoms with Crippen LogP contribution in [0.2, 0.25) is 0 Å². The fourth-order valence-electron chi connectivity index (χ4n) is 2.80. The number of morpholine rings is 1. The van der Waals surface area contributed by atoms with Gasteiger partial charge in [0, 0.05) is 24.5 Å². The molecule has 0 atom stereocenters. The molecule has 2 aromatic carbocycles. The molecule has 1 aliphatic rings. The molecule has 154 valence electrons. The highest BCUT2D eigenvalue weighted by molar-refractivity contribution is 5.84. The number of hydrogen-bond donors (Lipinski definition) is 2. The van der Waals surface area contributed by atoms with Crippen LogP contribution in [0.3, 0.4) is 0 Å². The van der Waals surface area contributed by atoms with E-state index < -0.39 is 17.6 Å². The third-order valence-corrected chi connectivity index (χ3v) is 4.32. The van der Waals surface area contributed by atoms with Gasteiger partial charge >= 0.3 is 6.18 Å². The molecule has 0 saturated carbocycles. The minimum Gasteiger partial charge on any atom is -0.378 e. The second-order valence-corrected chi connectivity index (χ2v) is 6.42. The molecule has 0 aliphatic carbocycles. The Morgan fingerprint density at radius 3 is 2.55 bits per heavy atom. The lowest BCUT2D eigenvalue weighted by Gasteiger charge is -2.28. The van der Waals surface area contributed by atoms with Gasteiger partial charge in [-0.15, -0.1) is 0 Å². The number of carbonyl (C=O) groups is 1. The number of carbonyl (C=O) groups excluding carboxylic acids is 1. The van der Waals surface area contributed by atoms with Gasteiger partial charge in [-0.05, 0) is 35.9 Å². The Morgan fingerprint density at radius 2 is 1.86 bits per heavy atom. The minimum atomic E-state index is -4.43. The largest absolute Gasteiger partial charge is 0.416 e. The van der Waals surface area contributed by atoms with E-state index in [2.05, 4.69) is 20.7 Å². The number of benzene rings is 2. The summed E-state index contributed by atoms with van der Waals surface area (Å²) in [7, 11) is 0. The van der Waals surface area contributed by atoms with Crippen LogP contribution in [0.4, 0.5) is 24.5 Å². The van der Waals surface area contributed by atoms with E-state index in [0.29, 0.717) is 13.2 Å². The van der Waals surface area contributed by atoms with Crippen molar-refractivity contribution in [1.29, 1.82) is 0 Å². The predicted octanol–water partition coefficient (Wildman–Crippen LogP) is 3.10. The number of hydrogen-bond acceptors (Lipinski definition) is 5. The Balaban J connectivity index is 1.46. The summed E-state index contributed by atoms with van der Waals surface area (Å²) in [5, 5.41) is 6.52. The molecular formula is C20H21F3N4O2. The summed E-state index contributed by atoms with van der Waals surface area (Å²) in [6, 6.07) is 12.4. The average Bonchev–Trinajstić information content (AvgIpc) is 2.73. The Labute approximate surface area is 166 Å². The van der Waals surface area contributed by atoms with Crippen LogP contribution in [0.15, 0.2) is 53.6 Å². The highest BCUT2D eigenvalue weighted by Crippen LogP contribution is 2.30. The molecule has 0 aromatic heterocycles. The molecule has 1 fully saturated rings. The van der Waals surface area contributed by atoms with Crippen molar-refractivity contribution >= 4 is 23.5 Å². The number of anilines is 2. The summed E-state index contributed by atoms with van der Waals surface area (Å²) in [4.78, 5) is 14.0. The molecule has 1 heterocycles. The van der Waals surface area contributed by atoms with Gasteiger partial charge < -0.3 is 15.0 Å². The van der Waals surface area contributed by atoms with Crippen molar-refractivity contribution in [3.8, 4) is 0 Å². The highest BCUT2D eigenvalue weighted by Gasteiger charge is 2.30. The number of halogens is 3. The first-order chi connectivity index (χ1) is 13.9. The van der Waals surface area contributed by atoms with Gasteiger partial charge in [0.15, 0.2) is 0 Å². The standard InChI is InChI=1S/C20H21F3N4O2/c21-20(22,23)16-2-1-3-17(12-16)24-14-19(28)26-25-13-15-4-6-18(7-5-15)27-8-10-29-11-9-27/h1-7,12-13,24H,8-11,14H2,(H,26,28). The lowest BCUT2D eigenvalue weighted by molar-refractivity contribution is -0.137. The van der Waals surface area contributed by atoms with Crippen molar-refractivity contribution < 1.29 is 22.7 Å². The zero-order chi connectivity index (χ0) is 20.7. The first kappa shape index (κ1) is 20.7. The number of ether oxygens (including phenoxy) is 1. The quantitative estimate of drug-likeness (QED) is 0.572. The molecule has 0 unspecified atom stereocenters. The third-order valence-electron chi connectivity index (χ3n) is 4.32. The SMILES string of the molecule is O=C(CNc1cccc(C(F)(F)F)c1)NN=Cc1ccc(N2CCOCC2)cc1. The molecule has 6 nitrogen and oxygen atoms in total. The van der Waals surface area contributed by atoms with Crippen LogP contribution in [0.25, 0.3) is 0 Å². The van der Waals surface area contributed by atoms with Gasteiger partial charge in [-0.1, -0.05) is 18.2 Å². The minimum absolute atomic E-state index is 0.200. The highest BCUT2D eigenvalue weighted by atomic mass is 19.4. The number of alkyl halides is 3. The summed E-state index contributed by atoms with van der Waals surface area (Å²) in [6.45, 7) is 2.92. The van der Waals surface area contributed by atoms with E-state index >= 15 is 0 Å². The van der Waals surface area contributed by atoms with E-state index in [1.54, 1.807) is 0 Å². The topological polar surface area (TPSA) is 66.0 Å². The van der Waals surface area contributed by atoms with Crippen LogP contribution in [-0.4, -0.2) is 45.0 Å². The summed E-state index contributed by atoms with van der Waals surface area (Å²) in [6.07, 6.45) is -2.92. The maximum atomic E-state index is 12.7. The summed E-state index contributed by atoms with van der Waals surface area (Å²) in [5.74, 6) is -0.469. The maximum absolute atomic E-state index is 12.7. The first-order valence-electron chi connectivity index (χ1n) is 9.07. The van der Waals surface area contributed by atoms with Gasteiger partial charge in [0.25, 0.3) is 5.91 Å². The number of nitrogens with one attached hydrogen (secondary N) is 2. The van der Waals surface area contributed by atoms with Gasteiger partial charge in [-0.25, -0.2) is 5.43 Å². The molecule has 29 heavy (non-hydrogen) atoms. The Morgan fingerprint density at radius 1 is 1.14 bits per heavy atom. The molecule has 0 bridgehead atoms. The van der Waals surface area contributed by atoms with Gasteiger partial charge in [0.2, 0.25) is 0 Å². The second-order valence-electron chi connectivity index (χ2n) is 6.42. The molecule has 0 spiro atoms. The first-order valence-corrected chi connectivity index (χ1v) is 9.07. The second kappa shape index (κ2) is 9.42. The Bertz CT molecular complexity index is 848. The number of rotatable bonds is 6. The van der Waals surface area contributed by atoms with Gasteiger partial charge in [-0.2, -0.15) is 18.3 Å². The molecule has 2 aromatic rings. The van der Waals surface area contributed by atoms with Crippen LogP contribution in [-0.2, 0) is 15.7 Å². The lowest BCUT2D eigenvalue weighted by atomic mass is 10.2. The molecule has 3 rings (SSSR count). The van der Waals surface area contributed by atoms with E-state index in [1.807, 2.05) is 24.3 Å². The molecule has 1 aliphatic heterocycles. The van der Waals surface area contributed by atoms with Gasteiger partial charge in [0.05, 0.1) is 31.5 Å². The molecule has 2 N–H and O–H groups in total. The Hall–Kier alpha value is -3.07. The molecular weight excluding hydrogens is 385 g/mol. The number of amides is 1. The monoisotopic (exact) mass is 406 g/mol. The number of hydrazone groups is 1. The third kappa shape index (κ3) is 6.21. The van der Waals surface area contributed by atoms with Crippen LogP contribution < -0.4 is 15.6 Å². The zero-order valence-electron chi connectivity index (χ0n) is 15.6. The van der Waals surface area contributed by atoms with E-state index in [-0.39, 0.29) is 12.2 Å². The van der Waals surface area contributed by atoms with Crippen LogP contribution in [0, 0.1) is 0 Å². The van der Waals surface area contributed by atoms with Crippen molar-refractivity contribution in [2.45, 2.75) is 6.18 Å². The fourth-order valence-corrected chi connectivity index (χ4v) is 2.80. The van der Waals surface area contributed by atoms with Crippen molar-refractivity contribution in [3.05, 3.63) is 59.7 Å². The van der Waals surface area contributed by atoms with E-state index in [0.717, 1.165) is 36.5 Å². The average molecular weight is 406 g/mol. The predicted molar refractivity (Wildman–Crippen MR) is 105 cm³/mol. The van der Waals surface area contributed by atoms with Crippen molar-refractivity contribution in [3.63, 3.8) is 0 Å². The van der Waals surface area contributed by atoms with Crippen LogP contribution in [0.1, 0.15) is 11.1 Å². The fraction of sp³-hybridized carbons (Fsp3) is 0.300. The van der Waals surface area contributed by atoms with Crippen molar-refractivity contribution in [2.75, 3.05) is 43.1 Å². The van der Waals surface area contributed by atoms with Gasteiger partial charge in [0.1, 0.15) is 0 Å². The van der Waals surface area contributed by atoms with Crippen molar-refractivity contribution in [2.24, 2.45) is 5.10 Å². The van der Waals surface area contributed by atoms with E-state index in [9.17, 15) is 18.0 Å². The van der Waals surface area contributed by atoms with Crippen molar-refractivity contribution in [1.82, 2.24) is 5.43 Å². The summed E-state index contributed by atoms with van der Waals surface area (Å²) >= 11 is 0. The molecule has 9 heteroatoms. The number of nitrogens with zero attached hydrogens (tertiary/aromatic N) is 2.